The van der Waals surface area contributed by atoms with E-state index in [9.17, 15) is 9.59 Å². The van der Waals surface area contributed by atoms with Gasteiger partial charge >= 0.3 is 0 Å². The minimum absolute atomic E-state index is 0.0679. The quantitative estimate of drug-likeness (QED) is 0.422. The Morgan fingerprint density at radius 2 is 1.97 bits per heavy atom. The summed E-state index contributed by atoms with van der Waals surface area (Å²) in [5.41, 5.74) is 4.33. The summed E-state index contributed by atoms with van der Waals surface area (Å²) < 4.78 is 1.67. The van der Waals surface area contributed by atoms with E-state index in [1.807, 2.05) is 0 Å². The molecular formula is C23H23N7O2. The van der Waals surface area contributed by atoms with Gasteiger partial charge in [0.1, 0.15) is 0 Å². The van der Waals surface area contributed by atoms with Crippen molar-refractivity contribution < 1.29 is 9.59 Å². The molecule has 2 amide bonds. The highest BCUT2D eigenvalue weighted by Gasteiger charge is 2.27. The van der Waals surface area contributed by atoms with Gasteiger partial charge in [0.15, 0.2) is 5.65 Å². The lowest BCUT2D eigenvalue weighted by Crippen LogP contribution is -2.20. The number of hydrogen-bond donors (Lipinski definition) is 3. The summed E-state index contributed by atoms with van der Waals surface area (Å²) in [6.07, 6.45) is 8.82. The van der Waals surface area contributed by atoms with Crippen molar-refractivity contribution in [1.29, 1.82) is 0 Å². The minimum atomic E-state index is -0.364. The second-order valence-electron chi connectivity index (χ2n) is 8.64. The first-order valence-corrected chi connectivity index (χ1v) is 11.1. The van der Waals surface area contributed by atoms with Gasteiger partial charge in [-0.1, -0.05) is 24.3 Å². The largest absolute Gasteiger partial charge is 0.351 e. The van der Waals surface area contributed by atoms with Crippen LogP contribution in [0, 0.1) is 0 Å². The van der Waals surface area contributed by atoms with E-state index < -0.39 is 0 Å². The Labute approximate surface area is 184 Å². The zero-order valence-corrected chi connectivity index (χ0v) is 17.5. The van der Waals surface area contributed by atoms with Crippen LogP contribution < -0.4 is 16.0 Å². The number of benzene rings is 1. The number of imide groups is 1. The van der Waals surface area contributed by atoms with E-state index >= 15 is 0 Å². The van der Waals surface area contributed by atoms with Gasteiger partial charge in [-0.25, -0.2) is 0 Å². The van der Waals surface area contributed by atoms with Gasteiger partial charge in [0.25, 0.3) is 5.91 Å². The van der Waals surface area contributed by atoms with Crippen molar-refractivity contribution in [2.75, 3.05) is 10.6 Å². The van der Waals surface area contributed by atoms with E-state index in [0.717, 1.165) is 32.1 Å². The lowest BCUT2D eigenvalue weighted by molar-refractivity contribution is -0.124. The molecule has 3 heterocycles. The van der Waals surface area contributed by atoms with Crippen molar-refractivity contribution in [2.24, 2.45) is 0 Å². The number of aryl methyl sites for hydroxylation is 1. The third-order valence-corrected chi connectivity index (χ3v) is 6.20. The predicted octanol–water partition coefficient (Wildman–Crippen LogP) is 2.62. The van der Waals surface area contributed by atoms with Gasteiger partial charge in [0.05, 0.1) is 18.7 Å². The molecule has 0 radical (unpaired) electrons. The lowest BCUT2D eigenvalue weighted by atomic mass is 9.88. The smallest absolute Gasteiger partial charge is 0.254 e. The number of nitrogens with zero attached hydrogens (tertiary/aromatic N) is 4. The van der Waals surface area contributed by atoms with Crippen LogP contribution in [-0.2, 0) is 16.0 Å². The third kappa shape index (κ3) is 3.49. The van der Waals surface area contributed by atoms with E-state index in [1.165, 1.54) is 11.1 Å². The third-order valence-electron chi connectivity index (χ3n) is 6.20. The summed E-state index contributed by atoms with van der Waals surface area (Å²) in [5, 5.41) is 13.7. The predicted molar refractivity (Wildman–Crippen MR) is 119 cm³/mol. The maximum absolute atomic E-state index is 12.0. The fourth-order valence-electron chi connectivity index (χ4n) is 4.43. The van der Waals surface area contributed by atoms with E-state index in [-0.39, 0.29) is 24.3 Å². The molecule has 3 N–H and O–H groups in total. The van der Waals surface area contributed by atoms with Gasteiger partial charge in [-0.3, -0.25) is 14.9 Å². The van der Waals surface area contributed by atoms with Crippen LogP contribution in [0.5, 0.6) is 0 Å². The lowest BCUT2D eigenvalue weighted by Gasteiger charge is -2.26. The van der Waals surface area contributed by atoms with Gasteiger partial charge in [-0.05, 0) is 49.3 Å². The molecule has 1 aromatic carbocycles. The van der Waals surface area contributed by atoms with Crippen LogP contribution >= 0.6 is 0 Å². The molecule has 1 saturated heterocycles. The van der Waals surface area contributed by atoms with E-state index in [4.69, 9.17) is 9.97 Å². The molecule has 2 aliphatic carbocycles. The second-order valence-corrected chi connectivity index (χ2v) is 8.64. The topological polar surface area (TPSA) is 113 Å². The first-order valence-electron chi connectivity index (χ1n) is 11.1. The van der Waals surface area contributed by atoms with Crippen molar-refractivity contribution in [3.8, 4) is 0 Å². The fourth-order valence-corrected chi connectivity index (χ4v) is 4.43. The molecule has 9 heteroatoms. The molecule has 0 bridgehead atoms. The van der Waals surface area contributed by atoms with Crippen molar-refractivity contribution in [1.82, 2.24) is 24.9 Å². The van der Waals surface area contributed by atoms with Gasteiger partial charge in [-0.15, -0.1) is 0 Å². The van der Waals surface area contributed by atoms with Crippen LogP contribution in [0.1, 0.15) is 54.8 Å². The Balaban J connectivity index is 1.40. The van der Waals surface area contributed by atoms with Crippen molar-refractivity contribution in [3.05, 3.63) is 52.7 Å². The molecule has 3 aromatic rings. The van der Waals surface area contributed by atoms with Crippen LogP contribution in [0.4, 0.5) is 11.9 Å². The van der Waals surface area contributed by atoms with Gasteiger partial charge in [0, 0.05) is 17.2 Å². The van der Waals surface area contributed by atoms with Crippen molar-refractivity contribution >= 4 is 35.4 Å². The molecule has 1 unspecified atom stereocenters. The molecule has 1 saturated carbocycles. The fraction of sp³-hybridized carbons (Fsp3) is 0.348. The molecule has 1 atom stereocenters. The number of aromatic nitrogens is 4. The average molecular weight is 429 g/mol. The van der Waals surface area contributed by atoms with Crippen LogP contribution in [0.15, 0.2) is 36.0 Å². The summed E-state index contributed by atoms with van der Waals surface area (Å²) in [4.78, 5) is 33.1. The molecule has 9 nitrogen and oxygen atoms in total. The Kier molecular flexibility index (Phi) is 4.41. The molecule has 3 aliphatic rings. The first-order chi connectivity index (χ1) is 15.6. The number of hydrogen-bond acceptors (Lipinski definition) is 7. The summed E-state index contributed by atoms with van der Waals surface area (Å²) in [6, 6.07) is 9.02. The monoisotopic (exact) mass is 429 g/mol. The number of rotatable bonds is 5. The summed E-state index contributed by atoms with van der Waals surface area (Å²) >= 11 is 0. The van der Waals surface area contributed by atoms with Crippen LogP contribution in [0.25, 0.3) is 11.7 Å². The van der Waals surface area contributed by atoms with Gasteiger partial charge < -0.3 is 10.6 Å². The normalized spacial score (nSPS) is 21.6. The minimum Gasteiger partial charge on any atom is -0.351 e. The summed E-state index contributed by atoms with van der Waals surface area (Å²) in [6.45, 7) is 0. The van der Waals surface area contributed by atoms with Gasteiger partial charge in [-0.2, -0.15) is 19.6 Å². The van der Waals surface area contributed by atoms with E-state index in [2.05, 4.69) is 45.3 Å². The number of carbonyl (C=O) groups excluding carboxylic acids is 2. The molecule has 2 fully saturated rings. The molecular weight excluding hydrogens is 406 g/mol. The summed E-state index contributed by atoms with van der Waals surface area (Å²) in [7, 11) is 0. The Morgan fingerprint density at radius 1 is 1.09 bits per heavy atom. The molecule has 6 rings (SSSR count). The highest BCUT2D eigenvalue weighted by Crippen LogP contribution is 2.32. The maximum atomic E-state index is 12.0. The number of fused-ring (bicyclic) bond motifs is 2. The zero-order chi connectivity index (χ0) is 21.7. The molecule has 2 aromatic heterocycles. The standard InChI is InChI=1S/C23H23N7O2/c31-19-11-14(21(32)27-19)10-15-12-24-30-20(15)28-22(29-23(30)25-16-8-9-16)26-18-7-3-5-13-4-1-2-6-17(13)18/h1-2,4,6,10,12,16,18H,3,5,7-9,11H2,(H,27,31,32)(H2,25,26,28,29)/b14-10+. The van der Waals surface area contributed by atoms with Gasteiger partial charge in [0.2, 0.25) is 17.8 Å². The Hall–Kier alpha value is -3.75. The molecule has 1 aliphatic heterocycles. The number of amides is 2. The van der Waals surface area contributed by atoms with Crippen LogP contribution in [0.2, 0.25) is 0 Å². The highest BCUT2D eigenvalue weighted by molar-refractivity contribution is 6.15. The van der Waals surface area contributed by atoms with Crippen molar-refractivity contribution in [2.45, 2.75) is 50.6 Å². The first kappa shape index (κ1) is 19.0. The van der Waals surface area contributed by atoms with Crippen LogP contribution in [0.3, 0.4) is 0 Å². The molecule has 32 heavy (non-hydrogen) atoms. The number of anilines is 2. The van der Waals surface area contributed by atoms with E-state index in [1.54, 1.807) is 16.8 Å². The average Bonchev–Trinajstić information content (AvgIpc) is 3.42. The van der Waals surface area contributed by atoms with Crippen LogP contribution in [-0.4, -0.2) is 37.4 Å². The molecule has 162 valence electrons. The number of carbonyl (C=O) groups is 2. The highest BCUT2D eigenvalue weighted by atomic mass is 16.2. The molecule has 0 spiro atoms. The maximum Gasteiger partial charge on any atom is 0.254 e. The number of nitrogens with one attached hydrogen (secondary N) is 3. The van der Waals surface area contributed by atoms with E-state index in [0.29, 0.717) is 34.7 Å². The second kappa shape index (κ2) is 7.44. The van der Waals surface area contributed by atoms with Crippen molar-refractivity contribution in [3.63, 3.8) is 0 Å². The zero-order valence-electron chi connectivity index (χ0n) is 17.5. The Bertz CT molecular complexity index is 1270. The Morgan fingerprint density at radius 3 is 2.78 bits per heavy atom. The SMILES string of the molecule is O=C1C/C(=C\c2cnn3c(NC4CC4)nc(NC4CCCc5ccccc54)nc23)C(=O)N1. The summed E-state index contributed by atoms with van der Waals surface area (Å²) in [5.74, 6) is 0.494.